The van der Waals surface area contributed by atoms with Crippen molar-refractivity contribution in [3.05, 3.63) is 29.8 Å². The normalized spacial score (nSPS) is 14.4. The third-order valence-corrected chi connectivity index (χ3v) is 3.02. The van der Waals surface area contributed by atoms with Crippen molar-refractivity contribution >= 4 is 0 Å². The van der Waals surface area contributed by atoms with Gasteiger partial charge in [-0.05, 0) is 37.0 Å². The lowest BCUT2D eigenvalue weighted by atomic mass is 10.0. The fourth-order valence-electron chi connectivity index (χ4n) is 1.89. The van der Waals surface area contributed by atoms with E-state index in [-0.39, 0.29) is 6.10 Å². The van der Waals surface area contributed by atoms with E-state index < -0.39 is 6.10 Å². The molecule has 0 heterocycles. The summed E-state index contributed by atoms with van der Waals surface area (Å²) in [6, 6.07) is 7.93. The second-order valence-corrected chi connectivity index (χ2v) is 4.14. The first kappa shape index (κ1) is 14.0. The molecule has 96 valence electrons. The second-order valence-electron chi connectivity index (χ2n) is 4.14. The molecular weight excluding hydrogens is 216 g/mol. The number of hydrogen-bond acceptors (Lipinski definition) is 3. The monoisotopic (exact) mass is 238 g/mol. The molecule has 17 heavy (non-hydrogen) atoms. The summed E-state index contributed by atoms with van der Waals surface area (Å²) in [6.45, 7) is 2.02. The van der Waals surface area contributed by atoms with Gasteiger partial charge in [0.1, 0.15) is 5.75 Å². The fourth-order valence-corrected chi connectivity index (χ4v) is 1.89. The predicted octanol–water partition coefficient (Wildman–Crippen LogP) is 2.41. The van der Waals surface area contributed by atoms with Crippen LogP contribution in [0, 0.1) is 0 Å². The van der Waals surface area contributed by atoms with Gasteiger partial charge in [0.05, 0.1) is 19.3 Å². The summed E-state index contributed by atoms with van der Waals surface area (Å²) >= 11 is 0. The van der Waals surface area contributed by atoms with Crippen LogP contribution in [0.1, 0.15) is 25.3 Å². The molecule has 1 N–H and O–H groups in total. The standard InChI is InChI=1S/C14H22O3/c1-4-14(17-3)13(15)10-7-11-5-8-12(16-2)9-6-11/h5-6,8-9,13-15H,4,7,10H2,1-3H3. The first-order valence-corrected chi connectivity index (χ1v) is 6.05. The van der Waals surface area contributed by atoms with Gasteiger partial charge in [-0.3, -0.25) is 0 Å². The van der Waals surface area contributed by atoms with Crippen LogP contribution in [0.5, 0.6) is 5.75 Å². The van der Waals surface area contributed by atoms with E-state index in [1.54, 1.807) is 14.2 Å². The van der Waals surface area contributed by atoms with E-state index in [0.29, 0.717) is 0 Å². The molecular formula is C14H22O3. The predicted molar refractivity (Wildman–Crippen MR) is 68.4 cm³/mol. The third-order valence-electron chi connectivity index (χ3n) is 3.02. The molecule has 2 unspecified atom stereocenters. The lowest BCUT2D eigenvalue weighted by molar-refractivity contribution is -0.0169. The van der Waals surface area contributed by atoms with Crippen molar-refractivity contribution in [2.45, 2.75) is 38.4 Å². The molecule has 0 aliphatic heterocycles. The van der Waals surface area contributed by atoms with Crippen LogP contribution in [-0.2, 0) is 11.2 Å². The van der Waals surface area contributed by atoms with Gasteiger partial charge in [-0.1, -0.05) is 19.1 Å². The van der Waals surface area contributed by atoms with Crippen LogP contribution < -0.4 is 4.74 Å². The Morgan fingerprint density at radius 1 is 1.18 bits per heavy atom. The Kier molecular flexibility index (Phi) is 6.01. The Morgan fingerprint density at radius 2 is 1.82 bits per heavy atom. The van der Waals surface area contributed by atoms with Gasteiger partial charge in [-0.15, -0.1) is 0 Å². The lowest BCUT2D eigenvalue weighted by Crippen LogP contribution is -2.27. The van der Waals surface area contributed by atoms with Crippen molar-refractivity contribution in [1.82, 2.24) is 0 Å². The van der Waals surface area contributed by atoms with Crippen molar-refractivity contribution in [1.29, 1.82) is 0 Å². The van der Waals surface area contributed by atoms with E-state index in [4.69, 9.17) is 9.47 Å². The summed E-state index contributed by atoms with van der Waals surface area (Å²) in [4.78, 5) is 0. The van der Waals surface area contributed by atoms with Gasteiger partial charge in [0.2, 0.25) is 0 Å². The SMILES string of the molecule is CCC(OC)C(O)CCc1ccc(OC)cc1. The Bertz CT molecular complexity index is 304. The van der Waals surface area contributed by atoms with Crippen molar-refractivity contribution in [3.63, 3.8) is 0 Å². The molecule has 0 saturated heterocycles. The minimum atomic E-state index is -0.396. The molecule has 0 fully saturated rings. The Balaban J connectivity index is 2.43. The first-order valence-electron chi connectivity index (χ1n) is 6.05. The zero-order valence-corrected chi connectivity index (χ0v) is 10.8. The van der Waals surface area contributed by atoms with Crippen LogP contribution in [0.15, 0.2) is 24.3 Å². The molecule has 2 atom stereocenters. The molecule has 3 nitrogen and oxygen atoms in total. The fraction of sp³-hybridized carbons (Fsp3) is 0.571. The van der Waals surface area contributed by atoms with Crippen LogP contribution >= 0.6 is 0 Å². The average molecular weight is 238 g/mol. The van der Waals surface area contributed by atoms with Crippen molar-refractivity contribution in [2.24, 2.45) is 0 Å². The van der Waals surface area contributed by atoms with E-state index in [0.717, 1.165) is 25.0 Å². The summed E-state index contributed by atoms with van der Waals surface area (Å²) in [5, 5.41) is 9.92. The zero-order valence-electron chi connectivity index (χ0n) is 10.8. The minimum Gasteiger partial charge on any atom is -0.497 e. The van der Waals surface area contributed by atoms with Crippen LogP contribution in [-0.4, -0.2) is 31.5 Å². The highest BCUT2D eigenvalue weighted by atomic mass is 16.5. The average Bonchev–Trinajstić information content (AvgIpc) is 2.38. The highest BCUT2D eigenvalue weighted by Gasteiger charge is 2.16. The Morgan fingerprint density at radius 3 is 2.29 bits per heavy atom. The summed E-state index contributed by atoms with van der Waals surface area (Å²) in [5.41, 5.74) is 1.20. The highest BCUT2D eigenvalue weighted by Crippen LogP contribution is 2.15. The Labute approximate surface area is 103 Å². The molecule has 0 bridgehead atoms. The molecule has 1 aromatic rings. The maximum Gasteiger partial charge on any atom is 0.118 e. The summed E-state index contributed by atoms with van der Waals surface area (Å²) in [7, 11) is 3.30. The molecule has 0 aromatic heterocycles. The number of ether oxygens (including phenoxy) is 2. The number of benzene rings is 1. The van der Waals surface area contributed by atoms with Gasteiger partial charge in [-0.2, -0.15) is 0 Å². The zero-order chi connectivity index (χ0) is 12.7. The van der Waals surface area contributed by atoms with Crippen molar-refractivity contribution in [3.8, 4) is 5.75 Å². The van der Waals surface area contributed by atoms with Crippen LogP contribution in [0.3, 0.4) is 0 Å². The summed E-state index contributed by atoms with van der Waals surface area (Å²) < 4.78 is 10.3. The van der Waals surface area contributed by atoms with Gasteiger partial charge in [0, 0.05) is 7.11 Å². The maximum atomic E-state index is 9.92. The van der Waals surface area contributed by atoms with Gasteiger partial charge >= 0.3 is 0 Å². The minimum absolute atomic E-state index is 0.0618. The van der Waals surface area contributed by atoms with E-state index in [1.807, 2.05) is 31.2 Å². The molecule has 0 amide bonds. The van der Waals surface area contributed by atoms with E-state index >= 15 is 0 Å². The summed E-state index contributed by atoms with van der Waals surface area (Å²) in [6.07, 6.45) is 1.95. The summed E-state index contributed by atoms with van der Waals surface area (Å²) in [5.74, 6) is 0.859. The van der Waals surface area contributed by atoms with E-state index in [1.165, 1.54) is 5.56 Å². The van der Waals surface area contributed by atoms with Crippen LogP contribution in [0.4, 0.5) is 0 Å². The van der Waals surface area contributed by atoms with Crippen molar-refractivity contribution in [2.75, 3.05) is 14.2 Å². The maximum absolute atomic E-state index is 9.92. The smallest absolute Gasteiger partial charge is 0.118 e. The lowest BCUT2D eigenvalue weighted by Gasteiger charge is -2.19. The molecule has 0 spiro atoms. The van der Waals surface area contributed by atoms with Gasteiger partial charge in [-0.25, -0.2) is 0 Å². The number of methoxy groups -OCH3 is 2. The number of rotatable bonds is 7. The number of hydrogen-bond donors (Lipinski definition) is 1. The van der Waals surface area contributed by atoms with Gasteiger partial charge < -0.3 is 14.6 Å². The molecule has 0 radical (unpaired) electrons. The quantitative estimate of drug-likeness (QED) is 0.793. The second kappa shape index (κ2) is 7.30. The molecule has 0 aliphatic rings. The van der Waals surface area contributed by atoms with E-state index in [9.17, 15) is 5.11 Å². The molecule has 3 heteroatoms. The number of aliphatic hydroxyl groups is 1. The molecule has 0 saturated carbocycles. The number of aryl methyl sites for hydroxylation is 1. The Hall–Kier alpha value is -1.06. The van der Waals surface area contributed by atoms with E-state index in [2.05, 4.69) is 0 Å². The van der Waals surface area contributed by atoms with Crippen molar-refractivity contribution < 1.29 is 14.6 Å². The van der Waals surface area contributed by atoms with Crippen LogP contribution in [0.2, 0.25) is 0 Å². The third kappa shape index (κ3) is 4.36. The van der Waals surface area contributed by atoms with Crippen LogP contribution in [0.25, 0.3) is 0 Å². The highest BCUT2D eigenvalue weighted by molar-refractivity contribution is 5.27. The topological polar surface area (TPSA) is 38.7 Å². The van der Waals surface area contributed by atoms with Gasteiger partial charge in [0.25, 0.3) is 0 Å². The first-order chi connectivity index (χ1) is 8.21. The largest absolute Gasteiger partial charge is 0.497 e. The van der Waals surface area contributed by atoms with Gasteiger partial charge in [0.15, 0.2) is 0 Å². The number of aliphatic hydroxyl groups excluding tert-OH is 1. The molecule has 1 rings (SSSR count). The molecule has 0 aliphatic carbocycles. The molecule has 1 aromatic carbocycles.